The Labute approximate surface area is 162 Å². The average Bonchev–Trinajstić information content (AvgIpc) is 3.02. The van der Waals surface area contributed by atoms with Gasteiger partial charge >= 0.3 is 0 Å². The summed E-state index contributed by atoms with van der Waals surface area (Å²) in [6, 6.07) is 6.62. The highest BCUT2D eigenvalue weighted by molar-refractivity contribution is 5.85. The van der Waals surface area contributed by atoms with Crippen LogP contribution in [0.2, 0.25) is 0 Å². The van der Waals surface area contributed by atoms with Crippen LogP contribution in [-0.2, 0) is 4.79 Å². The lowest BCUT2D eigenvalue weighted by atomic mass is 10.1. The zero-order valence-corrected chi connectivity index (χ0v) is 16.2. The number of rotatable bonds is 9. The van der Waals surface area contributed by atoms with Crippen LogP contribution in [0.25, 0.3) is 0 Å². The Morgan fingerprint density at radius 2 is 1.84 bits per heavy atom. The smallest absolute Gasteiger partial charge is 0.220 e. The first-order chi connectivity index (χ1) is 11.2. The van der Waals surface area contributed by atoms with Crippen LogP contribution >= 0.6 is 24.8 Å². The number of unbranched alkanes of at least 4 members (excludes halogenated alkanes) is 3. The molecule has 1 unspecified atom stereocenters. The molecule has 0 aromatic heterocycles. The lowest BCUT2D eigenvalue weighted by molar-refractivity contribution is -0.121. The first-order valence-corrected chi connectivity index (χ1v) is 8.66. The number of hydrogen-bond donors (Lipinski definition) is 2. The third kappa shape index (κ3) is 8.75. The Hall–Kier alpha value is -1.04. The SMILES string of the molecule is Cl.Cl.NCCCCCCC(=O)NCC1CCN(c2ccc(F)cc2)C1. The molecule has 1 aliphatic rings. The highest BCUT2D eigenvalue weighted by atomic mass is 35.5. The quantitative estimate of drug-likeness (QED) is 0.630. The molecule has 7 heteroatoms. The van der Waals surface area contributed by atoms with Gasteiger partial charge in [-0.1, -0.05) is 12.8 Å². The number of hydrogen-bond acceptors (Lipinski definition) is 3. The molecule has 0 spiro atoms. The molecule has 3 N–H and O–H groups in total. The highest BCUT2D eigenvalue weighted by Crippen LogP contribution is 2.23. The van der Waals surface area contributed by atoms with Crippen LogP contribution in [0.3, 0.4) is 0 Å². The Kier molecular flexibility index (Phi) is 12.7. The van der Waals surface area contributed by atoms with Crippen molar-refractivity contribution in [1.82, 2.24) is 5.32 Å². The van der Waals surface area contributed by atoms with Crippen molar-refractivity contribution in [2.45, 2.75) is 38.5 Å². The molecule has 4 nitrogen and oxygen atoms in total. The summed E-state index contributed by atoms with van der Waals surface area (Å²) in [5, 5.41) is 3.05. The minimum absolute atomic E-state index is 0. The predicted octanol–water partition coefficient (Wildman–Crippen LogP) is 3.52. The maximum Gasteiger partial charge on any atom is 0.220 e. The number of nitrogens with one attached hydrogen (secondary N) is 1. The van der Waals surface area contributed by atoms with Crippen molar-refractivity contribution in [1.29, 1.82) is 0 Å². The summed E-state index contributed by atoms with van der Waals surface area (Å²) in [7, 11) is 0. The molecule has 144 valence electrons. The molecule has 0 aliphatic carbocycles. The molecule has 2 rings (SSSR count). The van der Waals surface area contributed by atoms with Crippen molar-refractivity contribution >= 4 is 36.4 Å². The van der Waals surface area contributed by atoms with Crippen LogP contribution in [0.15, 0.2) is 24.3 Å². The molecule has 1 aromatic carbocycles. The molecule has 0 saturated carbocycles. The average molecular weight is 394 g/mol. The van der Waals surface area contributed by atoms with Crippen LogP contribution in [0, 0.1) is 11.7 Å². The largest absolute Gasteiger partial charge is 0.371 e. The monoisotopic (exact) mass is 393 g/mol. The first-order valence-electron chi connectivity index (χ1n) is 8.66. The second-order valence-corrected chi connectivity index (χ2v) is 6.33. The van der Waals surface area contributed by atoms with Crippen LogP contribution in [0.1, 0.15) is 38.5 Å². The third-order valence-electron chi connectivity index (χ3n) is 4.42. The molecule has 1 heterocycles. The van der Waals surface area contributed by atoms with E-state index in [9.17, 15) is 9.18 Å². The summed E-state index contributed by atoms with van der Waals surface area (Å²) in [4.78, 5) is 14.1. The molecular weight excluding hydrogens is 364 g/mol. The zero-order chi connectivity index (χ0) is 16.5. The van der Waals surface area contributed by atoms with Gasteiger partial charge in [-0.2, -0.15) is 0 Å². The Morgan fingerprint density at radius 1 is 1.16 bits per heavy atom. The Bertz CT molecular complexity index is 488. The van der Waals surface area contributed by atoms with Crippen molar-refractivity contribution in [2.75, 3.05) is 31.1 Å². The standard InChI is InChI=1S/C18H28FN3O.2ClH/c19-16-6-8-17(9-7-16)22-12-10-15(14-22)13-21-18(23)5-3-1-2-4-11-20;;/h6-9,15H,1-5,10-14,20H2,(H,21,23);2*1H. The van der Waals surface area contributed by atoms with Crippen LogP contribution in [0.5, 0.6) is 0 Å². The lowest BCUT2D eigenvalue weighted by Gasteiger charge is -2.18. The molecule has 25 heavy (non-hydrogen) atoms. The van der Waals surface area contributed by atoms with E-state index >= 15 is 0 Å². The molecule has 0 radical (unpaired) electrons. The van der Waals surface area contributed by atoms with Gasteiger partial charge in [-0.3, -0.25) is 4.79 Å². The molecule has 1 aliphatic heterocycles. The summed E-state index contributed by atoms with van der Waals surface area (Å²) in [6.07, 6.45) is 5.85. The first kappa shape index (κ1) is 24.0. The van der Waals surface area contributed by atoms with Gasteiger partial charge in [0.1, 0.15) is 5.82 Å². The van der Waals surface area contributed by atoms with E-state index in [0.717, 1.165) is 64.0 Å². The van der Waals surface area contributed by atoms with Crippen LogP contribution in [0.4, 0.5) is 10.1 Å². The fourth-order valence-corrected chi connectivity index (χ4v) is 3.02. The summed E-state index contributed by atoms with van der Waals surface area (Å²) in [6.45, 7) is 3.35. The van der Waals surface area contributed by atoms with Crippen molar-refractivity contribution in [3.05, 3.63) is 30.1 Å². The van der Waals surface area contributed by atoms with Gasteiger partial charge in [0.2, 0.25) is 5.91 Å². The normalized spacial score (nSPS) is 16.1. The predicted molar refractivity (Wildman–Crippen MR) is 106 cm³/mol. The molecular formula is C18H30Cl2FN3O. The van der Waals surface area contributed by atoms with E-state index in [4.69, 9.17) is 5.73 Å². The summed E-state index contributed by atoms with van der Waals surface area (Å²) >= 11 is 0. The van der Waals surface area contributed by atoms with Crippen molar-refractivity contribution < 1.29 is 9.18 Å². The summed E-state index contributed by atoms with van der Waals surface area (Å²) in [5.74, 6) is 0.419. The van der Waals surface area contributed by atoms with Gasteiger partial charge in [-0.15, -0.1) is 24.8 Å². The van der Waals surface area contributed by atoms with Crippen LogP contribution in [-0.4, -0.2) is 32.1 Å². The maximum absolute atomic E-state index is 13.0. The van der Waals surface area contributed by atoms with E-state index in [1.807, 2.05) is 12.1 Å². The number of carbonyl (C=O) groups is 1. The third-order valence-corrected chi connectivity index (χ3v) is 4.42. The lowest BCUT2D eigenvalue weighted by Crippen LogP contribution is -2.30. The number of carbonyl (C=O) groups excluding carboxylic acids is 1. The van der Waals surface area contributed by atoms with E-state index in [2.05, 4.69) is 10.2 Å². The fraction of sp³-hybridized carbons (Fsp3) is 0.611. The van der Waals surface area contributed by atoms with Gasteiger partial charge in [0.25, 0.3) is 0 Å². The van der Waals surface area contributed by atoms with Gasteiger partial charge in [-0.25, -0.2) is 4.39 Å². The number of nitrogens with two attached hydrogens (primary N) is 1. The summed E-state index contributed by atoms with van der Waals surface area (Å²) in [5.41, 5.74) is 6.50. The molecule has 1 atom stereocenters. The number of amides is 1. The second-order valence-electron chi connectivity index (χ2n) is 6.33. The zero-order valence-electron chi connectivity index (χ0n) is 14.6. The Morgan fingerprint density at radius 3 is 2.52 bits per heavy atom. The number of nitrogens with zero attached hydrogens (tertiary/aromatic N) is 1. The summed E-state index contributed by atoms with van der Waals surface area (Å²) < 4.78 is 13.0. The van der Waals surface area contributed by atoms with Gasteiger partial charge in [0.15, 0.2) is 0 Å². The van der Waals surface area contributed by atoms with E-state index in [1.54, 1.807) is 0 Å². The van der Waals surface area contributed by atoms with Gasteiger partial charge in [-0.05, 0) is 56.0 Å². The minimum atomic E-state index is -0.205. The molecule has 1 amide bonds. The molecule has 0 bridgehead atoms. The number of benzene rings is 1. The van der Waals surface area contributed by atoms with E-state index in [0.29, 0.717) is 12.3 Å². The van der Waals surface area contributed by atoms with Gasteiger partial charge in [0, 0.05) is 31.7 Å². The second kappa shape index (κ2) is 13.2. The van der Waals surface area contributed by atoms with E-state index < -0.39 is 0 Å². The fourth-order valence-electron chi connectivity index (χ4n) is 3.02. The van der Waals surface area contributed by atoms with Crippen LogP contribution < -0.4 is 16.0 Å². The minimum Gasteiger partial charge on any atom is -0.371 e. The number of halogens is 3. The van der Waals surface area contributed by atoms with Crippen molar-refractivity contribution in [2.24, 2.45) is 11.7 Å². The Balaban J connectivity index is 0.00000288. The van der Waals surface area contributed by atoms with Crippen molar-refractivity contribution in [3.8, 4) is 0 Å². The topological polar surface area (TPSA) is 58.4 Å². The molecule has 1 fully saturated rings. The van der Waals surface area contributed by atoms with E-state index in [-0.39, 0.29) is 36.5 Å². The highest BCUT2D eigenvalue weighted by Gasteiger charge is 2.22. The van der Waals surface area contributed by atoms with Gasteiger partial charge < -0.3 is 16.0 Å². The van der Waals surface area contributed by atoms with Gasteiger partial charge in [0.05, 0.1) is 0 Å². The number of anilines is 1. The molecule has 1 saturated heterocycles. The van der Waals surface area contributed by atoms with E-state index in [1.165, 1.54) is 12.1 Å². The maximum atomic E-state index is 13.0. The van der Waals surface area contributed by atoms with Crippen molar-refractivity contribution in [3.63, 3.8) is 0 Å². The molecule has 1 aromatic rings.